The van der Waals surface area contributed by atoms with Crippen molar-refractivity contribution >= 4 is 5.65 Å². The number of pyridine rings is 1. The van der Waals surface area contributed by atoms with Crippen molar-refractivity contribution < 1.29 is 4.39 Å². The van der Waals surface area contributed by atoms with Crippen molar-refractivity contribution in [1.29, 1.82) is 0 Å². The van der Waals surface area contributed by atoms with Gasteiger partial charge in [-0.05, 0) is 36.8 Å². The van der Waals surface area contributed by atoms with Gasteiger partial charge in [0.05, 0.1) is 5.69 Å². The smallest absolute Gasteiger partial charge is 0.137 e. The number of nitrogens with zero attached hydrogens (tertiary/aromatic N) is 2. The lowest BCUT2D eigenvalue weighted by atomic mass is 10.1. The van der Waals surface area contributed by atoms with Crippen LogP contribution in [0.15, 0.2) is 48.8 Å². The molecule has 0 N–H and O–H groups in total. The highest BCUT2D eigenvalue weighted by atomic mass is 19.1. The van der Waals surface area contributed by atoms with E-state index in [1.54, 1.807) is 12.1 Å². The predicted octanol–water partition coefficient (Wildman–Crippen LogP) is 3.45. The molecule has 0 atom stereocenters. The highest BCUT2D eigenvalue weighted by Gasteiger charge is 2.08. The van der Waals surface area contributed by atoms with Crippen molar-refractivity contribution in [2.45, 2.75) is 6.92 Å². The van der Waals surface area contributed by atoms with Crippen LogP contribution in [0.5, 0.6) is 0 Å². The maximum Gasteiger partial charge on any atom is 0.137 e. The molecule has 3 rings (SSSR count). The van der Waals surface area contributed by atoms with Crippen LogP contribution in [0, 0.1) is 12.7 Å². The molecule has 0 aliphatic rings. The largest absolute Gasteiger partial charge is 0.306 e. The second-order valence-electron chi connectivity index (χ2n) is 4.08. The molecule has 0 saturated carbocycles. The van der Waals surface area contributed by atoms with Gasteiger partial charge in [0.1, 0.15) is 11.5 Å². The average Bonchev–Trinajstić information content (AvgIpc) is 2.72. The van der Waals surface area contributed by atoms with Gasteiger partial charge in [-0.2, -0.15) is 0 Å². The van der Waals surface area contributed by atoms with E-state index in [0.717, 1.165) is 11.2 Å². The van der Waals surface area contributed by atoms with Gasteiger partial charge >= 0.3 is 0 Å². The van der Waals surface area contributed by atoms with E-state index < -0.39 is 0 Å². The summed E-state index contributed by atoms with van der Waals surface area (Å²) in [6.07, 6.45) is 3.77. The molecule has 17 heavy (non-hydrogen) atoms. The van der Waals surface area contributed by atoms with Gasteiger partial charge in [0.15, 0.2) is 0 Å². The number of aromatic nitrogens is 2. The summed E-state index contributed by atoms with van der Waals surface area (Å²) in [5.41, 5.74) is 3.17. The fourth-order valence-electron chi connectivity index (χ4n) is 1.88. The van der Waals surface area contributed by atoms with Crippen molar-refractivity contribution in [2.24, 2.45) is 0 Å². The molecule has 2 heterocycles. The van der Waals surface area contributed by atoms with Crippen molar-refractivity contribution in [1.82, 2.24) is 9.38 Å². The second kappa shape index (κ2) is 3.70. The van der Waals surface area contributed by atoms with Crippen LogP contribution in [-0.2, 0) is 0 Å². The van der Waals surface area contributed by atoms with Crippen molar-refractivity contribution in [3.8, 4) is 11.3 Å². The highest BCUT2D eigenvalue weighted by molar-refractivity contribution is 5.63. The average molecular weight is 226 g/mol. The molecule has 2 nitrogen and oxygen atoms in total. The molecule has 0 aliphatic carbocycles. The lowest BCUT2D eigenvalue weighted by Crippen LogP contribution is -1.82. The Hall–Kier alpha value is -2.16. The van der Waals surface area contributed by atoms with Crippen LogP contribution in [0.4, 0.5) is 4.39 Å². The van der Waals surface area contributed by atoms with Crippen molar-refractivity contribution in [2.75, 3.05) is 0 Å². The Bertz CT molecular complexity index is 686. The zero-order valence-corrected chi connectivity index (χ0v) is 9.39. The first-order valence-corrected chi connectivity index (χ1v) is 5.44. The number of halogens is 1. The minimum Gasteiger partial charge on any atom is -0.306 e. The first-order valence-electron chi connectivity index (χ1n) is 5.44. The molecule has 84 valence electrons. The van der Waals surface area contributed by atoms with E-state index in [1.165, 1.54) is 6.07 Å². The summed E-state index contributed by atoms with van der Waals surface area (Å²) >= 11 is 0. The number of benzene rings is 1. The molecule has 1 aromatic carbocycles. The van der Waals surface area contributed by atoms with E-state index in [2.05, 4.69) is 4.98 Å². The SMILES string of the molecule is Cc1ccn2cc(-c3ccccc3F)nc2c1. The van der Waals surface area contributed by atoms with Crippen LogP contribution < -0.4 is 0 Å². The second-order valence-corrected chi connectivity index (χ2v) is 4.08. The van der Waals surface area contributed by atoms with E-state index in [9.17, 15) is 4.39 Å². The molecule has 0 radical (unpaired) electrons. The fourth-order valence-corrected chi connectivity index (χ4v) is 1.88. The molecule has 0 bridgehead atoms. The summed E-state index contributed by atoms with van der Waals surface area (Å²) in [4.78, 5) is 4.43. The number of hydrogen-bond acceptors (Lipinski definition) is 1. The molecule has 0 aliphatic heterocycles. The van der Waals surface area contributed by atoms with Gasteiger partial charge in [-0.3, -0.25) is 0 Å². The van der Waals surface area contributed by atoms with Crippen molar-refractivity contribution in [3.63, 3.8) is 0 Å². The van der Waals surface area contributed by atoms with E-state index in [1.807, 2.05) is 41.9 Å². The van der Waals surface area contributed by atoms with Crippen LogP contribution >= 0.6 is 0 Å². The lowest BCUT2D eigenvalue weighted by molar-refractivity contribution is 0.631. The van der Waals surface area contributed by atoms with Crippen molar-refractivity contribution in [3.05, 3.63) is 60.2 Å². The molecule has 3 aromatic rings. The lowest BCUT2D eigenvalue weighted by Gasteiger charge is -1.96. The zero-order chi connectivity index (χ0) is 11.8. The number of rotatable bonds is 1. The molecule has 0 fully saturated rings. The van der Waals surface area contributed by atoms with Gasteiger partial charge in [0.2, 0.25) is 0 Å². The summed E-state index contributed by atoms with van der Waals surface area (Å²) in [6, 6.07) is 10.7. The standard InChI is InChI=1S/C14H11FN2/c1-10-6-7-17-9-13(16-14(17)8-10)11-4-2-3-5-12(11)15/h2-9H,1H3. The van der Waals surface area contributed by atoms with Gasteiger partial charge in [-0.1, -0.05) is 12.1 Å². The Balaban J connectivity index is 2.22. The molecule has 3 heteroatoms. The molecule has 0 amide bonds. The molecule has 0 saturated heterocycles. The van der Waals surface area contributed by atoms with Gasteiger partial charge in [-0.25, -0.2) is 9.37 Å². The first kappa shape index (κ1) is 10.0. The third-order valence-corrected chi connectivity index (χ3v) is 2.77. The van der Waals surface area contributed by atoms with Gasteiger partial charge in [0, 0.05) is 18.0 Å². The summed E-state index contributed by atoms with van der Waals surface area (Å²) in [7, 11) is 0. The monoisotopic (exact) mass is 226 g/mol. The predicted molar refractivity (Wildman–Crippen MR) is 65.3 cm³/mol. The Morgan fingerprint density at radius 2 is 2.00 bits per heavy atom. The Kier molecular flexibility index (Phi) is 2.18. The maximum absolute atomic E-state index is 13.6. The van der Waals surface area contributed by atoms with Crippen LogP contribution in [0.2, 0.25) is 0 Å². The minimum absolute atomic E-state index is 0.243. The summed E-state index contributed by atoms with van der Waals surface area (Å²) in [5.74, 6) is -0.243. The minimum atomic E-state index is -0.243. The molecular formula is C14H11FN2. The van der Waals surface area contributed by atoms with E-state index in [4.69, 9.17) is 0 Å². The van der Waals surface area contributed by atoms with E-state index in [-0.39, 0.29) is 5.82 Å². The number of aryl methyl sites for hydroxylation is 1. The number of fused-ring (bicyclic) bond motifs is 1. The Morgan fingerprint density at radius 3 is 2.82 bits per heavy atom. The topological polar surface area (TPSA) is 17.3 Å². The summed E-state index contributed by atoms with van der Waals surface area (Å²) < 4.78 is 15.5. The summed E-state index contributed by atoms with van der Waals surface area (Å²) in [5, 5.41) is 0. The van der Waals surface area contributed by atoms with E-state index >= 15 is 0 Å². The zero-order valence-electron chi connectivity index (χ0n) is 9.39. The Morgan fingerprint density at radius 1 is 1.18 bits per heavy atom. The van der Waals surface area contributed by atoms with E-state index in [0.29, 0.717) is 11.3 Å². The third kappa shape index (κ3) is 1.69. The first-order chi connectivity index (χ1) is 8.24. The number of imidazole rings is 1. The van der Waals surface area contributed by atoms with Crippen LogP contribution in [0.25, 0.3) is 16.9 Å². The Labute approximate surface area is 98.4 Å². The van der Waals surface area contributed by atoms with Crippen LogP contribution in [0.1, 0.15) is 5.56 Å². The van der Waals surface area contributed by atoms with Gasteiger partial charge < -0.3 is 4.40 Å². The molecular weight excluding hydrogens is 215 g/mol. The third-order valence-electron chi connectivity index (χ3n) is 2.77. The maximum atomic E-state index is 13.6. The molecule has 0 spiro atoms. The highest BCUT2D eigenvalue weighted by Crippen LogP contribution is 2.22. The number of hydrogen-bond donors (Lipinski definition) is 0. The summed E-state index contributed by atoms with van der Waals surface area (Å²) in [6.45, 7) is 2.01. The van der Waals surface area contributed by atoms with Gasteiger partial charge in [-0.15, -0.1) is 0 Å². The molecule has 0 unspecified atom stereocenters. The normalized spacial score (nSPS) is 10.9. The van der Waals surface area contributed by atoms with Crippen LogP contribution in [-0.4, -0.2) is 9.38 Å². The quantitative estimate of drug-likeness (QED) is 0.621. The van der Waals surface area contributed by atoms with Crippen LogP contribution in [0.3, 0.4) is 0 Å². The fraction of sp³-hybridized carbons (Fsp3) is 0.0714. The van der Waals surface area contributed by atoms with Gasteiger partial charge in [0.25, 0.3) is 0 Å². The molecule has 2 aromatic heterocycles.